The van der Waals surface area contributed by atoms with Gasteiger partial charge in [0.05, 0.1) is 41.4 Å². The zero-order chi connectivity index (χ0) is 24.5. The standard InChI is InChI=1S/C24H22F3N5O2/c1-13-8-20-21(11-17(13)24(25,26)27)31-22(34)12-19(30-20)16-5-3-4-15(10-16)18-9-14(2)29-23(32-18)28-6-7-33/h3-5,8-11,33H,6-7,12H2,1-2H3,(H,31,34)(H,28,29,32). The van der Waals surface area contributed by atoms with E-state index in [1.54, 1.807) is 12.1 Å². The summed E-state index contributed by atoms with van der Waals surface area (Å²) in [5.74, 6) is -0.0706. The van der Waals surface area contributed by atoms with Gasteiger partial charge in [0.25, 0.3) is 0 Å². The van der Waals surface area contributed by atoms with Crippen LogP contribution in [0.15, 0.2) is 47.5 Å². The Bertz CT molecular complexity index is 1290. The first-order valence-electron chi connectivity index (χ1n) is 10.5. The fourth-order valence-corrected chi connectivity index (χ4v) is 3.71. The lowest BCUT2D eigenvalue weighted by molar-refractivity contribution is -0.138. The summed E-state index contributed by atoms with van der Waals surface area (Å²) in [6, 6.07) is 11.3. The first-order chi connectivity index (χ1) is 16.1. The molecular formula is C24H22F3N5O2. The van der Waals surface area contributed by atoms with Gasteiger partial charge in [0, 0.05) is 17.8 Å². The van der Waals surface area contributed by atoms with Crippen LogP contribution in [0.3, 0.4) is 0 Å². The summed E-state index contributed by atoms with van der Waals surface area (Å²) < 4.78 is 39.9. The number of fused-ring (bicyclic) bond motifs is 1. The Kier molecular flexibility index (Phi) is 6.34. The van der Waals surface area contributed by atoms with E-state index in [9.17, 15) is 18.0 Å². The molecule has 34 heavy (non-hydrogen) atoms. The highest BCUT2D eigenvalue weighted by Crippen LogP contribution is 2.39. The topological polar surface area (TPSA) is 99.5 Å². The van der Waals surface area contributed by atoms with Crippen LogP contribution in [0.4, 0.5) is 30.5 Å². The lowest BCUT2D eigenvalue weighted by atomic mass is 10.0. The molecule has 1 amide bonds. The number of alkyl halides is 3. The number of aromatic nitrogens is 2. The molecule has 1 aromatic heterocycles. The Hall–Kier alpha value is -3.79. The molecule has 0 saturated carbocycles. The van der Waals surface area contributed by atoms with Gasteiger partial charge in [0.15, 0.2) is 0 Å². The van der Waals surface area contributed by atoms with E-state index >= 15 is 0 Å². The van der Waals surface area contributed by atoms with Crippen LogP contribution in [-0.2, 0) is 11.0 Å². The van der Waals surface area contributed by atoms with Gasteiger partial charge in [-0.15, -0.1) is 0 Å². The van der Waals surface area contributed by atoms with E-state index in [4.69, 9.17) is 5.11 Å². The van der Waals surface area contributed by atoms with Crippen molar-refractivity contribution in [3.63, 3.8) is 0 Å². The van der Waals surface area contributed by atoms with Crippen LogP contribution in [0, 0.1) is 13.8 Å². The number of aryl methyl sites for hydroxylation is 2. The molecule has 1 aliphatic heterocycles. The van der Waals surface area contributed by atoms with E-state index in [-0.39, 0.29) is 30.0 Å². The third-order valence-electron chi connectivity index (χ3n) is 5.25. The maximum Gasteiger partial charge on any atom is 0.416 e. The molecule has 0 bridgehead atoms. The van der Waals surface area contributed by atoms with Gasteiger partial charge >= 0.3 is 6.18 Å². The number of hydrogen-bond donors (Lipinski definition) is 3. The minimum Gasteiger partial charge on any atom is -0.395 e. The Morgan fingerprint density at radius 2 is 1.85 bits per heavy atom. The fraction of sp³-hybridized carbons (Fsp3) is 0.250. The first-order valence-corrected chi connectivity index (χ1v) is 10.5. The van der Waals surface area contributed by atoms with Gasteiger partial charge in [-0.2, -0.15) is 13.2 Å². The van der Waals surface area contributed by atoms with Crippen LogP contribution < -0.4 is 10.6 Å². The van der Waals surface area contributed by atoms with Gasteiger partial charge < -0.3 is 15.7 Å². The Labute approximate surface area is 193 Å². The molecule has 2 aromatic carbocycles. The molecule has 7 nitrogen and oxygen atoms in total. The third-order valence-corrected chi connectivity index (χ3v) is 5.25. The second-order valence-corrected chi connectivity index (χ2v) is 7.91. The van der Waals surface area contributed by atoms with Gasteiger partial charge in [-0.25, -0.2) is 9.97 Å². The molecule has 0 aliphatic carbocycles. The average molecular weight is 469 g/mol. The van der Waals surface area contributed by atoms with Crippen molar-refractivity contribution in [3.05, 3.63) is 64.8 Å². The van der Waals surface area contributed by atoms with Crippen molar-refractivity contribution < 1.29 is 23.1 Å². The van der Waals surface area contributed by atoms with Crippen molar-refractivity contribution in [2.45, 2.75) is 26.4 Å². The van der Waals surface area contributed by atoms with Crippen molar-refractivity contribution in [3.8, 4) is 11.3 Å². The van der Waals surface area contributed by atoms with Gasteiger partial charge in [-0.3, -0.25) is 9.79 Å². The molecule has 0 fully saturated rings. The van der Waals surface area contributed by atoms with E-state index in [2.05, 4.69) is 25.6 Å². The second-order valence-electron chi connectivity index (χ2n) is 7.91. The maximum absolute atomic E-state index is 13.3. The smallest absolute Gasteiger partial charge is 0.395 e. The van der Waals surface area contributed by atoms with E-state index in [0.717, 1.165) is 17.3 Å². The number of nitrogens with one attached hydrogen (secondary N) is 2. The maximum atomic E-state index is 13.3. The summed E-state index contributed by atoms with van der Waals surface area (Å²) in [6.07, 6.45) is -4.62. The van der Waals surface area contributed by atoms with Crippen LogP contribution >= 0.6 is 0 Å². The van der Waals surface area contributed by atoms with E-state index < -0.39 is 17.6 Å². The molecule has 3 N–H and O–H groups in total. The SMILES string of the molecule is Cc1cc(-c2cccc(C3=Nc4cc(C)c(C(F)(F)F)cc4NC(=O)C3)c2)nc(NCCO)n1. The number of amides is 1. The van der Waals surface area contributed by atoms with Crippen LogP contribution in [0.1, 0.15) is 28.8 Å². The molecule has 0 radical (unpaired) electrons. The number of benzene rings is 2. The average Bonchev–Trinajstić information content (AvgIpc) is 2.94. The Morgan fingerprint density at radius 3 is 2.59 bits per heavy atom. The molecule has 4 rings (SSSR count). The Morgan fingerprint density at radius 1 is 1.09 bits per heavy atom. The zero-order valence-corrected chi connectivity index (χ0v) is 18.5. The van der Waals surface area contributed by atoms with Crippen molar-refractivity contribution in [2.75, 3.05) is 23.8 Å². The molecule has 3 aromatic rings. The fourth-order valence-electron chi connectivity index (χ4n) is 3.71. The van der Waals surface area contributed by atoms with E-state index in [1.165, 1.54) is 13.0 Å². The van der Waals surface area contributed by atoms with E-state index in [0.29, 0.717) is 29.5 Å². The number of aliphatic imine (C=N–C) groups is 1. The number of anilines is 2. The van der Waals surface area contributed by atoms with Crippen LogP contribution in [-0.4, -0.2) is 39.8 Å². The lowest BCUT2D eigenvalue weighted by Crippen LogP contribution is -2.15. The lowest BCUT2D eigenvalue weighted by Gasteiger charge is -2.13. The summed E-state index contributed by atoms with van der Waals surface area (Å²) in [6.45, 7) is 3.44. The number of aliphatic hydroxyl groups excluding tert-OH is 1. The number of rotatable bonds is 5. The van der Waals surface area contributed by atoms with Gasteiger partial charge in [-0.1, -0.05) is 18.2 Å². The minimum absolute atomic E-state index is 0.0265. The van der Waals surface area contributed by atoms with Crippen molar-refractivity contribution in [1.82, 2.24) is 9.97 Å². The highest BCUT2D eigenvalue weighted by atomic mass is 19.4. The normalized spacial score (nSPS) is 13.6. The molecule has 2 heterocycles. The minimum atomic E-state index is -4.53. The van der Waals surface area contributed by atoms with Crippen molar-refractivity contribution in [2.24, 2.45) is 4.99 Å². The first kappa shape index (κ1) is 23.4. The number of halogens is 3. The molecule has 1 aliphatic rings. The van der Waals surface area contributed by atoms with Gasteiger partial charge in [-0.05, 0) is 49.2 Å². The molecule has 0 saturated heterocycles. The molecule has 176 valence electrons. The number of hydrogen-bond acceptors (Lipinski definition) is 6. The van der Waals surface area contributed by atoms with Crippen molar-refractivity contribution in [1.29, 1.82) is 0 Å². The van der Waals surface area contributed by atoms with Gasteiger partial charge in [0.2, 0.25) is 11.9 Å². The second kappa shape index (κ2) is 9.22. The number of carbonyl (C=O) groups excluding carboxylic acids is 1. The number of nitrogens with zero attached hydrogens (tertiary/aromatic N) is 3. The summed E-state index contributed by atoms with van der Waals surface area (Å²) in [7, 11) is 0. The predicted octanol–water partition coefficient (Wildman–Crippen LogP) is 4.65. The molecular weight excluding hydrogens is 447 g/mol. The van der Waals surface area contributed by atoms with Crippen molar-refractivity contribution >= 4 is 28.9 Å². The van der Waals surface area contributed by atoms with Gasteiger partial charge in [0.1, 0.15) is 0 Å². The zero-order valence-electron chi connectivity index (χ0n) is 18.5. The highest BCUT2D eigenvalue weighted by molar-refractivity contribution is 6.17. The predicted molar refractivity (Wildman–Crippen MR) is 123 cm³/mol. The van der Waals surface area contributed by atoms with E-state index in [1.807, 2.05) is 25.1 Å². The largest absolute Gasteiger partial charge is 0.416 e. The molecule has 0 atom stereocenters. The number of aliphatic hydroxyl groups is 1. The van der Waals surface area contributed by atoms with Crippen LogP contribution in [0.5, 0.6) is 0 Å². The summed E-state index contributed by atoms with van der Waals surface area (Å²) in [5, 5.41) is 14.5. The summed E-state index contributed by atoms with van der Waals surface area (Å²) >= 11 is 0. The quantitative estimate of drug-likeness (QED) is 0.505. The Balaban J connectivity index is 1.75. The third kappa shape index (κ3) is 5.07. The number of carbonyl (C=O) groups is 1. The molecule has 10 heteroatoms. The van der Waals surface area contributed by atoms with Crippen LogP contribution in [0.2, 0.25) is 0 Å². The monoisotopic (exact) mass is 469 g/mol. The molecule has 0 unspecified atom stereocenters. The molecule has 0 spiro atoms. The highest BCUT2D eigenvalue weighted by Gasteiger charge is 2.34. The summed E-state index contributed by atoms with van der Waals surface area (Å²) in [4.78, 5) is 25.8. The summed E-state index contributed by atoms with van der Waals surface area (Å²) in [5.41, 5.74) is 2.72. The van der Waals surface area contributed by atoms with Crippen LogP contribution in [0.25, 0.3) is 11.3 Å².